The molecule has 2 N–H and O–H groups in total. The van der Waals surface area contributed by atoms with Gasteiger partial charge in [0.2, 0.25) is 0 Å². The van der Waals surface area contributed by atoms with Crippen molar-refractivity contribution in [2.45, 2.75) is 4.90 Å². The number of thioether (sulfide) groups is 1. The molecule has 0 aromatic heterocycles. The van der Waals surface area contributed by atoms with Gasteiger partial charge in [-0.15, -0.1) is 0 Å². The monoisotopic (exact) mass is 344 g/mol. The third kappa shape index (κ3) is 2.87. The number of carbonyl (C=O) groups excluding carboxylic acids is 1. The highest BCUT2D eigenvalue weighted by Gasteiger charge is 2.29. The Labute approximate surface area is 142 Å². The Morgan fingerprint density at radius 1 is 1.17 bits per heavy atom. The largest absolute Gasteiger partial charge is 0.323 e. The van der Waals surface area contributed by atoms with Crippen LogP contribution in [0.1, 0.15) is 0 Å². The number of carbonyl (C=O) groups is 1. The van der Waals surface area contributed by atoms with Gasteiger partial charge in [-0.3, -0.25) is 4.99 Å². The van der Waals surface area contributed by atoms with Crippen LogP contribution in [0, 0.1) is 0 Å². The summed E-state index contributed by atoms with van der Waals surface area (Å²) in [4.78, 5) is 19.9. The maximum Gasteiger partial charge on any atom is 0.323 e. The summed E-state index contributed by atoms with van der Waals surface area (Å²) in [7, 11) is 0. The predicted molar refractivity (Wildman–Crippen MR) is 96.0 cm³/mol. The number of amidine groups is 1. The van der Waals surface area contributed by atoms with Gasteiger partial charge < -0.3 is 15.5 Å². The number of urea groups is 1. The lowest BCUT2D eigenvalue weighted by Gasteiger charge is -2.14. The summed E-state index contributed by atoms with van der Waals surface area (Å²) in [5.41, 5.74) is 2.50. The second-order valence-corrected chi connectivity index (χ2v) is 6.64. The summed E-state index contributed by atoms with van der Waals surface area (Å²) >= 11 is 7.58. The lowest BCUT2D eigenvalue weighted by molar-refractivity contribution is 0.262. The number of amides is 2. The van der Waals surface area contributed by atoms with Crippen molar-refractivity contribution < 1.29 is 4.79 Å². The lowest BCUT2D eigenvalue weighted by Crippen LogP contribution is -2.22. The van der Waals surface area contributed by atoms with E-state index in [4.69, 9.17) is 11.6 Å². The summed E-state index contributed by atoms with van der Waals surface area (Å²) in [6.07, 6.45) is 0. The zero-order chi connectivity index (χ0) is 15.8. The highest BCUT2D eigenvalue weighted by atomic mass is 35.5. The van der Waals surface area contributed by atoms with E-state index in [0.717, 1.165) is 29.6 Å². The smallest absolute Gasteiger partial charge is 0.318 e. The van der Waals surface area contributed by atoms with Crippen molar-refractivity contribution in [3.8, 4) is 0 Å². The number of aliphatic imine (C=N–C) groups is 1. The molecule has 0 bridgehead atoms. The van der Waals surface area contributed by atoms with Crippen molar-refractivity contribution in [2.24, 2.45) is 4.99 Å². The molecule has 2 heterocycles. The van der Waals surface area contributed by atoms with Crippen LogP contribution in [0.2, 0.25) is 5.02 Å². The van der Waals surface area contributed by atoms with Gasteiger partial charge in [-0.1, -0.05) is 17.7 Å². The summed E-state index contributed by atoms with van der Waals surface area (Å²) < 4.78 is 0. The number of nitrogens with one attached hydrogen (secondary N) is 2. The standard InChI is InChI=1S/C16H13ClN4OS/c17-10-2-1-3-11(8-10)19-15(22)20-12-4-5-14-13(9-12)21-7-6-18-16(21)23-14/h1-5,8-9H,6-7H2,(H2,19,20,22). The summed E-state index contributed by atoms with van der Waals surface area (Å²) in [6.45, 7) is 1.72. The molecule has 0 fully saturated rings. The average Bonchev–Trinajstić information content (AvgIpc) is 3.08. The van der Waals surface area contributed by atoms with E-state index in [9.17, 15) is 4.79 Å². The molecule has 2 amide bonds. The summed E-state index contributed by atoms with van der Waals surface area (Å²) in [5, 5.41) is 7.24. The summed E-state index contributed by atoms with van der Waals surface area (Å²) in [5.74, 6) is 0. The SMILES string of the molecule is O=C(Nc1cccc(Cl)c1)Nc1ccc2c(c1)N1CCN=C1S2. The van der Waals surface area contributed by atoms with E-state index in [1.54, 1.807) is 36.0 Å². The van der Waals surface area contributed by atoms with E-state index in [-0.39, 0.29) is 6.03 Å². The molecule has 0 saturated carbocycles. The highest BCUT2D eigenvalue weighted by Crippen LogP contribution is 2.43. The Balaban J connectivity index is 1.48. The Hall–Kier alpha value is -2.18. The fourth-order valence-electron chi connectivity index (χ4n) is 2.59. The molecule has 2 aromatic carbocycles. The molecule has 0 aliphatic carbocycles. The number of hydrogen-bond donors (Lipinski definition) is 2. The third-order valence-corrected chi connectivity index (χ3v) is 4.93. The molecule has 23 heavy (non-hydrogen) atoms. The van der Waals surface area contributed by atoms with Crippen molar-refractivity contribution in [1.82, 2.24) is 0 Å². The van der Waals surface area contributed by atoms with Crippen molar-refractivity contribution >= 4 is 51.6 Å². The van der Waals surface area contributed by atoms with Gasteiger partial charge in [0, 0.05) is 27.8 Å². The highest BCUT2D eigenvalue weighted by molar-refractivity contribution is 8.14. The van der Waals surface area contributed by atoms with E-state index in [1.165, 1.54) is 4.90 Å². The Morgan fingerprint density at radius 2 is 2.00 bits per heavy atom. The van der Waals surface area contributed by atoms with Gasteiger partial charge in [-0.05, 0) is 48.2 Å². The fourth-order valence-corrected chi connectivity index (χ4v) is 3.84. The number of halogens is 1. The Morgan fingerprint density at radius 3 is 2.83 bits per heavy atom. The van der Waals surface area contributed by atoms with Gasteiger partial charge in [0.25, 0.3) is 0 Å². The minimum absolute atomic E-state index is 0.298. The van der Waals surface area contributed by atoms with E-state index in [0.29, 0.717) is 10.7 Å². The fraction of sp³-hybridized carbons (Fsp3) is 0.125. The molecular formula is C16H13ClN4OS. The maximum atomic E-state index is 12.1. The molecule has 2 aliphatic rings. The zero-order valence-corrected chi connectivity index (χ0v) is 13.6. The van der Waals surface area contributed by atoms with Gasteiger partial charge in [-0.2, -0.15) is 0 Å². The van der Waals surface area contributed by atoms with E-state index in [1.807, 2.05) is 18.2 Å². The van der Waals surface area contributed by atoms with Crippen LogP contribution in [0.25, 0.3) is 0 Å². The van der Waals surface area contributed by atoms with Gasteiger partial charge >= 0.3 is 6.03 Å². The van der Waals surface area contributed by atoms with Crippen molar-refractivity contribution in [3.05, 3.63) is 47.5 Å². The molecule has 0 spiro atoms. The quantitative estimate of drug-likeness (QED) is 0.855. The van der Waals surface area contributed by atoms with Gasteiger partial charge in [-0.25, -0.2) is 4.79 Å². The first-order valence-corrected chi connectivity index (χ1v) is 8.36. The molecular weight excluding hydrogens is 332 g/mol. The van der Waals surface area contributed by atoms with E-state index >= 15 is 0 Å². The first-order valence-electron chi connectivity index (χ1n) is 7.16. The lowest BCUT2D eigenvalue weighted by atomic mass is 10.2. The minimum atomic E-state index is -0.298. The molecule has 2 aromatic rings. The van der Waals surface area contributed by atoms with Gasteiger partial charge in [0.15, 0.2) is 5.17 Å². The van der Waals surface area contributed by atoms with Crippen molar-refractivity contribution in [2.75, 3.05) is 28.6 Å². The first kappa shape index (κ1) is 14.4. The predicted octanol–water partition coefficient (Wildman–Crippen LogP) is 4.27. The number of anilines is 3. The molecule has 5 nitrogen and oxygen atoms in total. The Kier molecular flexibility index (Phi) is 3.63. The molecule has 7 heteroatoms. The second kappa shape index (κ2) is 5.79. The minimum Gasteiger partial charge on any atom is -0.318 e. The van der Waals surface area contributed by atoms with Gasteiger partial charge in [0.1, 0.15) is 0 Å². The van der Waals surface area contributed by atoms with Crippen molar-refractivity contribution in [3.63, 3.8) is 0 Å². The molecule has 0 radical (unpaired) electrons. The normalized spacial score (nSPS) is 15.0. The summed E-state index contributed by atoms with van der Waals surface area (Å²) in [6, 6.07) is 12.6. The number of nitrogens with zero attached hydrogens (tertiary/aromatic N) is 2. The van der Waals surface area contributed by atoms with Crippen LogP contribution >= 0.6 is 23.4 Å². The Bertz CT molecular complexity index is 823. The zero-order valence-electron chi connectivity index (χ0n) is 12.0. The molecule has 0 saturated heterocycles. The van der Waals surface area contributed by atoms with Crippen molar-refractivity contribution in [1.29, 1.82) is 0 Å². The van der Waals surface area contributed by atoms with Crippen LogP contribution in [0.4, 0.5) is 21.9 Å². The molecule has 0 unspecified atom stereocenters. The topological polar surface area (TPSA) is 56.7 Å². The number of benzene rings is 2. The average molecular weight is 345 g/mol. The molecule has 0 atom stereocenters. The van der Waals surface area contributed by atoms with Crippen LogP contribution in [0.15, 0.2) is 52.4 Å². The van der Waals surface area contributed by atoms with Crippen LogP contribution in [-0.4, -0.2) is 24.3 Å². The molecule has 2 aliphatic heterocycles. The van der Waals surface area contributed by atoms with Crippen LogP contribution in [-0.2, 0) is 0 Å². The van der Waals surface area contributed by atoms with Crippen LogP contribution < -0.4 is 15.5 Å². The second-order valence-electron chi connectivity index (χ2n) is 5.19. The number of fused-ring (bicyclic) bond motifs is 3. The molecule has 4 rings (SSSR count). The first-order chi connectivity index (χ1) is 11.2. The number of rotatable bonds is 2. The van der Waals surface area contributed by atoms with Crippen LogP contribution in [0.3, 0.4) is 0 Å². The third-order valence-electron chi connectivity index (χ3n) is 3.59. The maximum absolute atomic E-state index is 12.1. The van der Waals surface area contributed by atoms with E-state index in [2.05, 4.69) is 20.5 Å². The molecule has 116 valence electrons. The van der Waals surface area contributed by atoms with Crippen LogP contribution in [0.5, 0.6) is 0 Å². The number of hydrogen-bond acceptors (Lipinski definition) is 4. The van der Waals surface area contributed by atoms with E-state index < -0.39 is 0 Å². The van der Waals surface area contributed by atoms with Gasteiger partial charge in [0.05, 0.1) is 12.2 Å².